The van der Waals surface area contributed by atoms with Crippen LogP contribution in [0.1, 0.15) is 53.4 Å². The molecule has 0 aliphatic carbocycles. The molecule has 310 valence electrons. The molecule has 0 fully saturated rings. The van der Waals surface area contributed by atoms with Crippen LogP contribution in [-0.2, 0) is 9.59 Å². The Morgan fingerprint density at radius 2 is 1.15 bits per heavy atom. The van der Waals surface area contributed by atoms with Crippen molar-refractivity contribution in [2.75, 3.05) is 35.5 Å². The molecule has 61 heavy (non-hydrogen) atoms. The molecule has 0 heterocycles. The minimum Gasteiger partial charge on any atom is -0.508 e. The third-order valence-corrected chi connectivity index (χ3v) is 8.71. The van der Waals surface area contributed by atoms with Crippen molar-refractivity contribution < 1.29 is 58.7 Å². The highest BCUT2D eigenvalue weighted by Crippen LogP contribution is 2.40. The van der Waals surface area contributed by atoms with E-state index in [1.165, 1.54) is 92.0 Å². The molecule has 0 aromatic heterocycles. The van der Waals surface area contributed by atoms with E-state index in [-0.39, 0.29) is 57.4 Å². The number of hydrogen-bond acceptors (Lipinski definition) is 12. The lowest BCUT2D eigenvalue weighted by Crippen LogP contribution is -2.43. The van der Waals surface area contributed by atoms with Crippen LogP contribution < -0.4 is 36.1 Å². The monoisotopic (exact) mass is 828 g/mol. The first kappa shape index (κ1) is 43.3. The molecule has 5 aromatic carbocycles. The lowest BCUT2D eigenvalue weighted by molar-refractivity contribution is -0.118. The normalized spacial score (nSPS) is 11.0. The molecule has 5 amide bonds. The van der Waals surface area contributed by atoms with Crippen LogP contribution in [0.25, 0.3) is 6.08 Å². The maximum atomic E-state index is 13.2. The summed E-state index contributed by atoms with van der Waals surface area (Å²) in [6, 6.07) is 23.0. The molecule has 18 heteroatoms. The Kier molecular flexibility index (Phi) is 13.9. The number of hydrogen-bond donors (Lipinski definition) is 9. The van der Waals surface area contributed by atoms with E-state index in [4.69, 9.17) is 9.47 Å². The number of methoxy groups -OCH3 is 2. The molecule has 0 saturated carbocycles. The standard InChI is InChI=1S/C43H36N6O12/c1-60-37-31(18-16-29(35(37)52)41(56)48-32-19-17-30(43(58)59)36(53)38(32)61-2)47-39(54)24-8-12-27(13-9-24)46-42(57)33(21-22-44)49-40(55)25-6-10-26(11-7-25)45-34(51)20-5-23-3-14-28(50)15-4-23/h3-20,33,50,52-53H,21H2,1-2H3,(H,45,51)(H,46,57)(H,47,54)(H,48,56)(H,49,55)(H,58,59)/b20-5+. The fraction of sp³-hybridized carbons (Fsp3) is 0.0930. The van der Waals surface area contributed by atoms with E-state index in [9.17, 15) is 54.5 Å². The molecular formula is C43H36N6O12. The van der Waals surface area contributed by atoms with Gasteiger partial charge >= 0.3 is 5.97 Å². The van der Waals surface area contributed by atoms with Crippen LogP contribution >= 0.6 is 0 Å². The van der Waals surface area contributed by atoms with Gasteiger partial charge in [0.15, 0.2) is 23.0 Å². The van der Waals surface area contributed by atoms with E-state index in [0.717, 1.165) is 13.2 Å². The molecule has 9 N–H and O–H groups in total. The predicted octanol–water partition coefficient (Wildman–Crippen LogP) is 5.33. The molecule has 1 atom stereocenters. The molecule has 0 aliphatic rings. The average Bonchev–Trinajstić information content (AvgIpc) is 3.23. The molecule has 1 unspecified atom stereocenters. The highest BCUT2D eigenvalue weighted by Gasteiger charge is 2.25. The van der Waals surface area contributed by atoms with Crippen LogP contribution in [0.4, 0.5) is 22.7 Å². The maximum Gasteiger partial charge on any atom is 0.339 e. The van der Waals surface area contributed by atoms with Gasteiger partial charge in [-0.2, -0.15) is 5.26 Å². The van der Waals surface area contributed by atoms with Crippen LogP contribution in [-0.4, -0.2) is 76.2 Å². The van der Waals surface area contributed by atoms with Gasteiger partial charge in [-0.05, 0) is 96.6 Å². The molecule has 0 spiro atoms. The average molecular weight is 829 g/mol. The molecule has 5 aromatic rings. The van der Waals surface area contributed by atoms with E-state index < -0.39 is 58.6 Å². The summed E-state index contributed by atoms with van der Waals surface area (Å²) in [6.07, 6.45) is 2.50. The van der Waals surface area contributed by atoms with E-state index >= 15 is 0 Å². The summed E-state index contributed by atoms with van der Waals surface area (Å²) < 4.78 is 10.3. The Labute approximate surface area is 346 Å². The summed E-state index contributed by atoms with van der Waals surface area (Å²) in [4.78, 5) is 76.1. The third kappa shape index (κ3) is 10.8. The van der Waals surface area contributed by atoms with E-state index in [1.807, 2.05) is 6.07 Å². The van der Waals surface area contributed by atoms with Gasteiger partial charge in [0.25, 0.3) is 17.7 Å². The largest absolute Gasteiger partial charge is 0.508 e. The van der Waals surface area contributed by atoms with Gasteiger partial charge in [-0.25, -0.2) is 4.79 Å². The SMILES string of the molecule is COc1c(NC(=O)c2ccc(NC(=O)c3ccc(NC(=O)C(CC#N)NC(=O)c4ccc(NC(=O)/C=C/c5ccc(O)cc5)cc4)cc3)c(OC)c2O)ccc(C(=O)O)c1O. The van der Waals surface area contributed by atoms with Crippen molar-refractivity contribution in [1.29, 1.82) is 5.26 Å². The van der Waals surface area contributed by atoms with E-state index in [0.29, 0.717) is 11.3 Å². The van der Waals surface area contributed by atoms with Crippen molar-refractivity contribution in [3.63, 3.8) is 0 Å². The van der Waals surface area contributed by atoms with Crippen molar-refractivity contribution >= 4 is 64.3 Å². The number of phenols is 3. The van der Waals surface area contributed by atoms with Crippen molar-refractivity contribution in [1.82, 2.24) is 5.32 Å². The second-order valence-electron chi connectivity index (χ2n) is 12.7. The maximum absolute atomic E-state index is 13.2. The van der Waals surface area contributed by atoms with E-state index in [2.05, 4.69) is 26.6 Å². The minimum atomic E-state index is -1.43. The molecule has 0 bridgehead atoms. The van der Waals surface area contributed by atoms with Crippen LogP contribution in [0.5, 0.6) is 28.7 Å². The number of ether oxygens (including phenoxy) is 2. The fourth-order valence-corrected chi connectivity index (χ4v) is 5.62. The van der Waals surface area contributed by atoms with Gasteiger partial charge in [0.1, 0.15) is 17.4 Å². The third-order valence-electron chi connectivity index (χ3n) is 8.71. The quantitative estimate of drug-likeness (QED) is 0.0605. The zero-order valence-electron chi connectivity index (χ0n) is 32.2. The number of carboxylic acids is 1. The molecule has 5 rings (SSSR count). The lowest BCUT2D eigenvalue weighted by atomic mass is 10.1. The number of benzene rings is 5. The number of phenolic OH excluding ortho intramolecular Hbond substituents is 2. The molecule has 0 saturated heterocycles. The predicted molar refractivity (Wildman–Crippen MR) is 221 cm³/mol. The first-order valence-electron chi connectivity index (χ1n) is 17.9. The summed E-state index contributed by atoms with van der Waals surface area (Å²) >= 11 is 0. The van der Waals surface area contributed by atoms with Gasteiger partial charge in [0.05, 0.1) is 43.6 Å². The van der Waals surface area contributed by atoms with Crippen LogP contribution in [0.15, 0.2) is 103 Å². The minimum absolute atomic E-state index is 0.0198. The first-order chi connectivity index (χ1) is 29.2. The van der Waals surface area contributed by atoms with Gasteiger partial charge in [0, 0.05) is 28.6 Å². The number of anilines is 4. The number of aromatic hydroxyl groups is 3. The Morgan fingerprint density at radius 1 is 0.639 bits per heavy atom. The Bertz CT molecular complexity index is 2570. The number of carbonyl (C=O) groups is 6. The van der Waals surface area contributed by atoms with E-state index in [1.54, 1.807) is 18.2 Å². The second-order valence-corrected chi connectivity index (χ2v) is 12.7. The summed E-state index contributed by atoms with van der Waals surface area (Å²) in [5, 5.41) is 61.9. The number of nitrogens with one attached hydrogen (secondary N) is 5. The highest BCUT2D eigenvalue weighted by molar-refractivity contribution is 6.10. The lowest BCUT2D eigenvalue weighted by Gasteiger charge is -2.17. The Balaban J connectivity index is 1.18. The molecule has 18 nitrogen and oxygen atoms in total. The summed E-state index contributed by atoms with van der Waals surface area (Å²) in [7, 11) is 2.35. The summed E-state index contributed by atoms with van der Waals surface area (Å²) in [6.45, 7) is 0. The van der Waals surface area contributed by atoms with Gasteiger partial charge in [-0.3, -0.25) is 24.0 Å². The second kappa shape index (κ2) is 19.5. The number of nitriles is 1. The molecular weight excluding hydrogens is 793 g/mol. The van der Waals surface area contributed by atoms with Crippen LogP contribution in [0.2, 0.25) is 0 Å². The number of rotatable bonds is 15. The van der Waals surface area contributed by atoms with Crippen LogP contribution in [0.3, 0.4) is 0 Å². The smallest absolute Gasteiger partial charge is 0.339 e. The fourth-order valence-electron chi connectivity index (χ4n) is 5.62. The Hall–Kier alpha value is -8.85. The Morgan fingerprint density at radius 3 is 1.69 bits per heavy atom. The first-order valence-corrected chi connectivity index (χ1v) is 17.9. The number of aromatic carboxylic acids is 1. The van der Waals surface area contributed by atoms with Crippen LogP contribution in [0, 0.1) is 11.3 Å². The zero-order chi connectivity index (χ0) is 44.2. The molecule has 0 aliphatic heterocycles. The van der Waals surface area contributed by atoms with Crippen molar-refractivity contribution in [3.8, 4) is 34.8 Å². The topological polar surface area (TPSA) is 286 Å². The summed E-state index contributed by atoms with van der Waals surface area (Å²) in [5.41, 5.74) is 0.690. The van der Waals surface area contributed by atoms with Crippen molar-refractivity contribution in [2.45, 2.75) is 12.5 Å². The van der Waals surface area contributed by atoms with Gasteiger partial charge in [-0.15, -0.1) is 0 Å². The summed E-state index contributed by atoms with van der Waals surface area (Å²) in [5.74, 6) is -6.68. The molecule has 0 radical (unpaired) electrons. The van der Waals surface area contributed by atoms with Gasteiger partial charge in [0.2, 0.25) is 11.8 Å². The number of amides is 5. The number of carbonyl (C=O) groups excluding carboxylic acids is 5. The highest BCUT2D eigenvalue weighted by atomic mass is 16.5. The number of nitrogens with zero attached hydrogens (tertiary/aromatic N) is 1. The van der Waals surface area contributed by atoms with Gasteiger partial charge < -0.3 is 56.5 Å². The van der Waals surface area contributed by atoms with Crippen molar-refractivity contribution in [2.24, 2.45) is 0 Å². The van der Waals surface area contributed by atoms with Gasteiger partial charge in [-0.1, -0.05) is 12.1 Å². The van der Waals surface area contributed by atoms with Crippen molar-refractivity contribution in [3.05, 3.63) is 131 Å². The zero-order valence-corrected chi connectivity index (χ0v) is 32.2. The number of carboxylic acid groups (broad SMARTS) is 1.